The van der Waals surface area contributed by atoms with Gasteiger partial charge in [-0.15, -0.1) is 0 Å². The van der Waals surface area contributed by atoms with Gasteiger partial charge in [-0.25, -0.2) is 67.1 Å². The summed E-state index contributed by atoms with van der Waals surface area (Å²) in [5.74, 6) is -17.2. The Morgan fingerprint density at radius 2 is 0.811 bits per heavy atom. The minimum atomic E-state index is -1.79. The van der Waals surface area contributed by atoms with Crippen molar-refractivity contribution in [3.8, 4) is 0 Å². The number of benzene rings is 4. The van der Waals surface area contributed by atoms with Gasteiger partial charge in [0, 0.05) is 28.7 Å². The van der Waals surface area contributed by atoms with E-state index < -0.39 is 192 Å². The number of carbonyl (C=O) groups excluding carboxylic acids is 13. The van der Waals surface area contributed by atoms with Crippen molar-refractivity contribution in [2.75, 3.05) is 33.0 Å². The van der Waals surface area contributed by atoms with Gasteiger partial charge in [0.2, 0.25) is 0 Å². The number of ketones is 1. The molecule has 0 saturated carbocycles. The maximum atomic E-state index is 14.2. The summed E-state index contributed by atoms with van der Waals surface area (Å²) in [5, 5.41) is 20.3. The molecule has 4 aromatic rings. The van der Waals surface area contributed by atoms with Gasteiger partial charge in [-0.05, 0) is 114 Å². The molecule has 29 heteroatoms. The molecular weight excluding hydrogens is 1270 g/mol. The van der Waals surface area contributed by atoms with E-state index in [9.17, 15) is 82.1 Å². The lowest BCUT2D eigenvalue weighted by Gasteiger charge is -2.34. The normalized spacial score (nSPS) is 13.6. The lowest BCUT2D eigenvalue weighted by Crippen LogP contribution is -2.46. The van der Waals surface area contributed by atoms with Gasteiger partial charge in [0.1, 0.15) is 56.4 Å². The van der Waals surface area contributed by atoms with Crippen molar-refractivity contribution in [1.29, 1.82) is 0 Å². The second kappa shape index (κ2) is 32.1. The Balaban J connectivity index is 0.0000163. The number of hydrogen-bond donors (Lipinski definition) is 2. The summed E-state index contributed by atoms with van der Waals surface area (Å²) in [5.41, 5.74) is -8.41. The predicted molar refractivity (Wildman–Crippen MR) is 328 cm³/mol. The van der Waals surface area contributed by atoms with Crippen molar-refractivity contribution in [2.24, 2.45) is 0 Å². The molecule has 2 heterocycles. The number of carboxylic acids is 2. The van der Waals surface area contributed by atoms with Crippen LogP contribution in [-0.2, 0) is 66.5 Å². The number of rotatable bonds is 32. The van der Waals surface area contributed by atoms with Crippen molar-refractivity contribution in [3.63, 3.8) is 0 Å². The van der Waals surface area contributed by atoms with Crippen LogP contribution in [0.5, 0.6) is 0 Å². The Morgan fingerprint density at radius 3 is 1.25 bits per heavy atom. The highest BCUT2D eigenvalue weighted by molar-refractivity contribution is 6.92. The lowest BCUT2D eigenvalue weighted by molar-refractivity contribution is -0.152. The average molecular weight is 1340 g/mol. The van der Waals surface area contributed by atoms with Gasteiger partial charge < -0.3 is 62.3 Å². The first-order valence-corrected chi connectivity index (χ1v) is 28.5. The first kappa shape index (κ1) is 74.9. The Bertz CT molecular complexity index is 3890. The Labute approximate surface area is 544 Å². The molecule has 0 radical (unpaired) electrons. The smallest absolute Gasteiger partial charge is 0.346 e. The van der Waals surface area contributed by atoms with Crippen molar-refractivity contribution in [1.82, 2.24) is 0 Å². The molecule has 4 aromatic carbocycles. The molecule has 2 N–H and O–H groups in total. The van der Waals surface area contributed by atoms with Gasteiger partial charge in [-0.1, -0.05) is 46.6 Å². The third-order valence-corrected chi connectivity index (χ3v) is 14.5. The third-order valence-electron chi connectivity index (χ3n) is 14.5. The van der Waals surface area contributed by atoms with Gasteiger partial charge in [0.05, 0.1) is 61.2 Å². The Hall–Kier alpha value is -10.9. The molecule has 0 aromatic heterocycles. The molecule has 0 fully saturated rings. The molecule has 2 aliphatic rings. The zero-order valence-corrected chi connectivity index (χ0v) is 53.8. The first-order chi connectivity index (χ1) is 44.2. The molecule has 5 atom stereocenters. The third kappa shape index (κ3) is 18.5. The van der Waals surface area contributed by atoms with Crippen molar-refractivity contribution in [3.05, 3.63) is 176 Å². The number of carbonyl (C=O) groups is 15. The maximum absolute atomic E-state index is 14.2. The van der Waals surface area contributed by atoms with E-state index in [4.69, 9.17) is 42.6 Å². The van der Waals surface area contributed by atoms with Gasteiger partial charge in [-0.3, -0.25) is 4.79 Å². The molecule has 95 heavy (non-hydrogen) atoms. The number of hydrogen-bond acceptors (Lipinski definition) is 26. The minimum Gasteiger partial charge on any atom is -0.478 e. The monoisotopic (exact) mass is 1340 g/mol. The molecule has 0 bridgehead atoms. The summed E-state index contributed by atoms with van der Waals surface area (Å²) in [4.78, 5) is 195. The number of esters is 12. The summed E-state index contributed by atoms with van der Waals surface area (Å²) < 4.78 is 59.2. The van der Waals surface area contributed by atoms with Crippen LogP contribution in [0.25, 0.3) is 0 Å². The fourth-order valence-corrected chi connectivity index (χ4v) is 9.06. The number of aromatic carboxylic acids is 2. The molecule has 0 saturated heterocycles. The summed E-state index contributed by atoms with van der Waals surface area (Å²) in [6.45, 7) is 16.7. The zero-order valence-electron chi connectivity index (χ0n) is 52.4. The highest BCUT2D eigenvalue weighted by atomic mass is 31.0. The number of Topliss-reactive ketones (excluding diaryl/α,β-unsaturated/α-hetero) is 1. The number of ether oxygens (including phenoxy) is 11. The zero-order chi connectivity index (χ0) is 69.7. The fourth-order valence-electron chi connectivity index (χ4n) is 9.06. The summed E-state index contributed by atoms with van der Waals surface area (Å²) >= 11 is 0. The Morgan fingerprint density at radius 1 is 0.442 bits per heavy atom. The molecule has 0 spiro atoms. The predicted octanol–water partition coefficient (Wildman–Crippen LogP) is 7.43. The van der Waals surface area contributed by atoms with Crippen molar-refractivity contribution < 1.29 is 134 Å². The highest BCUT2D eigenvalue weighted by Crippen LogP contribution is 2.32. The average Bonchev–Trinajstić information content (AvgIpc) is 1.77. The van der Waals surface area contributed by atoms with E-state index in [0.29, 0.717) is 0 Å². The van der Waals surface area contributed by atoms with E-state index in [1.807, 2.05) is 0 Å². The van der Waals surface area contributed by atoms with Crippen LogP contribution in [0.1, 0.15) is 198 Å². The van der Waals surface area contributed by atoms with Crippen LogP contribution in [0.4, 0.5) is 0 Å². The summed E-state index contributed by atoms with van der Waals surface area (Å²) in [6.07, 6.45) is -5.19. The van der Waals surface area contributed by atoms with E-state index in [1.54, 1.807) is 13.8 Å². The van der Waals surface area contributed by atoms with Crippen LogP contribution in [0, 0.1) is 0 Å². The number of fused-ring (bicyclic) bond motifs is 2. The van der Waals surface area contributed by atoms with Crippen LogP contribution in [0.3, 0.4) is 0 Å². The van der Waals surface area contributed by atoms with E-state index in [2.05, 4.69) is 29.2 Å². The highest BCUT2D eigenvalue weighted by Gasteiger charge is 2.42. The molecule has 28 nitrogen and oxygen atoms in total. The molecule has 0 amide bonds. The molecule has 6 rings (SSSR count). The minimum absolute atomic E-state index is 0. The van der Waals surface area contributed by atoms with E-state index in [-0.39, 0.29) is 79.3 Å². The Kier molecular flexibility index (Phi) is 25.3. The van der Waals surface area contributed by atoms with E-state index in [1.165, 1.54) is 58.9 Å². The molecular formula is C66H65O28P. The SMILES string of the molecule is C=C(C)C(=O)OCC(CC(C)(CC)OC(=O)c1cc(C(=O)OCC(COC(=O)C(=C)C)OC(=O)c2cc(C(=O)OCC(COC(=O)C(=C)C)OC(CC)(CC)C(=O)c3ccc4c(c3)C(=O)OC4=O)ccc2C(=O)O)ccc1C(=O)O)OC(=O)c1ccc2c(c1)C(=O)OC2=O.P. The lowest BCUT2D eigenvalue weighted by atomic mass is 9.86. The standard InChI is InChI=1S/C66H62O28.H3P/c1-11-65(10,26-39(27-84-53(72)32(4)5)89-58(77)38-17-21-45-49(25-38)63(82)92-60(45)79)94-64(83)47-24-37(16-19-43(47)52(70)71)56(75)87-29-40(28-85-54(73)33(6)7)90-61(80)46-23-36(15-18-42(46)51(68)69)57(76)88-31-41(30-86-55(74)34(8)9)93-66(12-2,13-3)50(67)35-14-20-44-48(22-35)62(81)91-59(44)78;/h14-25,39-41H,4,6,8,11-13,26-31H2,1-3,5,7,9-10H3,(H,68,69)(H,70,71);1H3. The van der Waals surface area contributed by atoms with Crippen LogP contribution in [0.15, 0.2) is 109 Å². The van der Waals surface area contributed by atoms with Crippen LogP contribution >= 0.6 is 9.90 Å². The topological polar surface area (TPSA) is 398 Å². The van der Waals surface area contributed by atoms with Crippen LogP contribution in [0.2, 0.25) is 0 Å². The van der Waals surface area contributed by atoms with Gasteiger partial charge in [-0.2, -0.15) is 9.90 Å². The second-order valence-electron chi connectivity index (χ2n) is 21.6. The van der Waals surface area contributed by atoms with Gasteiger partial charge in [0.25, 0.3) is 0 Å². The van der Waals surface area contributed by atoms with Crippen molar-refractivity contribution in [2.45, 2.75) is 104 Å². The van der Waals surface area contributed by atoms with Gasteiger partial charge in [0.15, 0.2) is 11.9 Å². The number of cyclic esters (lactones) is 4. The fraction of sp³-hybridized carbons (Fsp3) is 0.318. The summed E-state index contributed by atoms with van der Waals surface area (Å²) in [7, 11) is 0. The molecule has 502 valence electrons. The number of carboxylic acid groups (broad SMARTS) is 2. The van der Waals surface area contributed by atoms with Crippen LogP contribution < -0.4 is 0 Å². The van der Waals surface area contributed by atoms with Crippen LogP contribution in [-0.4, -0.2) is 162 Å². The quantitative estimate of drug-likeness (QED) is 0.0120. The van der Waals surface area contributed by atoms with E-state index in [0.717, 1.165) is 48.5 Å². The van der Waals surface area contributed by atoms with Gasteiger partial charge >= 0.3 is 83.6 Å². The molecule has 0 aliphatic carbocycles. The summed E-state index contributed by atoms with van der Waals surface area (Å²) in [6, 6.07) is 12.2. The largest absolute Gasteiger partial charge is 0.478 e. The molecule has 5 unspecified atom stereocenters. The van der Waals surface area contributed by atoms with E-state index >= 15 is 0 Å². The van der Waals surface area contributed by atoms with Crippen molar-refractivity contribution >= 4 is 99.3 Å². The first-order valence-electron chi connectivity index (χ1n) is 28.5. The molecule has 2 aliphatic heterocycles. The second-order valence-corrected chi connectivity index (χ2v) is 21.6. The maximum Gasteiger partial charge on any atom is 0.346 e.